The highest BCUT2D eigenvalue weighted by Crippen LogP contribution is 2.22. The summed E-state index contributed by atoms with van der Waals surface area (Å²) in [7, 11) is 0. The minimum Gasteiger partial charge on any atom is -0.371 e. The van der Waals surface area contributed by atoms with E-state index in [0.29, 0.717) is 11.2 Å². The number of nitrogens with two attached hydrogens (primary N) is 1. The SMILES string of the molecule is Nc1nc2cccc(-c3ccc(C(=O)NC4CCN(c5ccccc5)CC4)cc3)n2n1. The molecule has 0 saturated carbocycles. The quantitative estimate of drug-likeness (QED) is 0.536. The van der Waals surface area contributed by atoms with Crippen LogP contribution in [-0.4, -0.2) is 39.6 Å². The monoisotopic (exact) mass is 412 g/mol. The van der Waals surface area contributed by atoms with E-state index in [9.17, 15) is 4.79 Å². The maximum atomic E-state index is 12.8. The number of fused-ring (bicyclic) bond motifs is 1. The van der Waals surface area contributed by atoms with Crippen LogP contribution in [0.2, 0.25) is 0 Å². The molecule has 5 rings (SSSR count). The van der Waals surface area contributed by atoms with Crippen LogP contribution in [0.4, 0.5) is 11.6 Å². The number of nitrogen functional groups attached to an aromatic ring is 1. The largest absolute Gasteiger partial charge is 0.371 e. The highest BCUT2D eigenvalue weighted by Gasteiger charge is 2.21. The van der Waals surface area contributed by atoms with Crippen LogP contribution in [0.3, 0.4) is 0 Å². The molecular formula is C24H24N6O. The van der Waals surface area contributed by atoms with Crippen molar-refractivity contribution in [2.45, 2.75) is 18.9 Å². The molecule has 4 aromatic rings. The topological polar surface area (TPSA) is 88.5 Å². The summed E-state index contributed by atoms with van der Waals surface area (Å²) in [5, 5.41) is 7.44. The molecule has 31 heavy (non-hydrogen) atoms. The van der Waals surface area contributed by atoms with Crippen LogP contribution in [0.25, 0.3) is 16.9 Å². The minimum atomic E-state index is -0.0343. The number of hydrogen-bond donors (Lipinski definition) is 2. The summed E-state index contributed by atoms with van der Waals surface area (Å²) in [5.74, 6) is 0.203. The lowest BCUT2D eigenvalue weighted by atomic mass is 10.0. The van der Waals surface area contributed by atoms with Gasteiger partial charge in [0, 0.05) is 35.9 Å². The third-order valence-electron chi connectivity index (χ3n) is 5.77. The van der Waals surface area contributed by atoms with Crippen LogP contribution in [0.1, 0.15) is 23.2 Å². The summed E-state index contributed by atoms with van der Waals surface area (Å²) in [6.07, 6.45) is 1.88. The van der Waals surface area contributed by atoms with E-state index in [1.165, 1.54) is 5.69 Å². The second-order valence-corrected chi connectivity index (χ2v) is 7.80. The average Bonchev–Trinajstić information content (AvgIpc) is 3.20. The normalized spacial score (nSPS) is 14.6. The molecule has 156 valence electrons. The highest BCUT2D eigenvalue weighted by molar-refractivity contribution is 5.94. The van der Waals surface area contributed by atoms with Crippen LogP contribution in [0.15, 0.2) is 72.8 Å². The summed E-state index contributed by atoms with van der Waals surface area (Å²) in [6, 6.07) is 23.9. The van der Waals surface area contributed by atoms with Gasteiger partial charge in [-0.05, 0) is 49.2 Å². The van der Waals surface area contributed by atoms with E-state index in [2.05, 4.69) is 44.6 Å². The number of anilines is 2. The number of piperidine rings is 1. The molecule has 1 aliphatic heterocycles. The van der Waals surface area contributed by atoms with Gasteiger partial charge in [0.05, 0.1) is 5.69 Å². The van der Waals surface area contributed by atoms with E-state index >= 15 is 0 Å². The fourth-order valence-electron chi connectivity index (χ4n) is 4.12. The summed E-state index contributed by atoms with van der Waals surface area (Å²) < 4.78 is 1.71. The van der Waals surface area contributed by atoms with E-state index in [4.69, 9.17) is 5.73 Å². The number of benzene rings is 2. The summed E-state index contributed by atoms with van der Waals surface area (Å²) >= 11 is 0. The Morgan fingerprint density at radius 1 is 0.935 bits per heavy atom. The number of carbonyl (C=O) groups excluding carboxylic acids is 1. The Hall–Kier alpha value is -3.87. The Bertz CT molecular complexity index is 1190. The van der Waals surface area contributed by atoms with Crippen LogP contribution in [0, 0.1) is 0 Å². The van der Waals surface area contributed by atoms with Crippen molar-refractivity contribution in [3.8, 4) is 11.3 Å². The van der Waals surface area contributed by atoms with Crippen molar-refractivity contribution >= 4 is 23.2 Å². The standard InChI is InChI=1S/C24H24N6O/c25-24-27-22-8-4-7-21(30(22)28-24)17-9-11-18(12-10-17)23(31)26-19-13-15-29(16-14-19)20-5-2-1-3-6-20/h1-12,19H,13-16H2,(H2,25,28)(H,26,31). The number of nitrogens with zero attached hydrogens (tertiary/aromatic N) is 4. The molecule has 2 aromatic heterocycles. The fourth-order valence-corrected chi connectivity index (χ4v) is 4.12. The van der Waals surface area contributed by atoms with E-state index in [1.54, 1.807) is 4.52 Å². The van der Waals surface area contributed by atoms with Gasteiger partial charge in [0.1, 0.15) is 0 Å². The van der Waals surface area contributed by atoms with Gasteiger partial charge in [-0.1, -0.05) is 36.4 Å². The zero-order chi connectivity index (χ0) is 21.2. The Kier molecular flexibility index (Phi) is 5.00. The Balaban J connectivity index is 1.24. The Morgan fingerprint density at radius 2 is 1.68 bits per heavy atom. The summed E-state index contributed by atoms with van der Waals surface area (Å²) in [6.45, 7) is 1.89. The molecule has 3 heterocycles. The van der Waals surface area contributed by atoms with Gasteiger partial charge >= 0.3 is 0 Å². The van der Waals surface area contributed by atoms with Gasteiger partial charge in [0.2, 0.25) is 5.95 Å². The molecule has 1 aliphatic rings. The number of hydrogen-bond acceptors (Lipinski definition) is 5. The molecule has 7 nitrogen and oxygen atoms in total. The maximum absolute atomic E-state index is 12.8. The van der Waals surface area contributed by atoms with E-state index in [-0.39, 0.29) is 17.9 Å². The molecule has 3 N–H and O–H groups in total. The Labute approximate surface area is 180 Å². The van der Waals surface area contributed by atoms with Crippen LogP contribution >= 0.6 is 0 Å². The van der Waals surface area contributed by atoms with Crippen molar-refractivity contribution in [2.24, 2.45) is 0 Å². The lowest BCUT2D eigenvalue weighted by molar-refractivity contribution is 0.0931. The van der Waals surface area contributed by atoms with Crippen LogP contribution < -0.4 is 16.0 Å². The number of carbonyl (C=O) groups is 1. The lowest BCUT2D eigenvalue weighted by Crippen LogP contribution is -2.44. The third kappa shape index (κ3) is 3.94. The number of amides is 1. The zero-order valence-corrected chi connectivity index (χ0v) is 17.1. The summed E-state index contributed by atoms with van der Waals surface area (Å²) in [5.41, 5.74) is 10.1. The van der Waals surface area contributed by atoms with E-state index in [0.717, 1.165) is 37.2 Å². The van der Waals surface area contributed by atoms with Crippen LogP contribution in [-0.2, 0) is 0 Å². The van der Waals surface area contributed by atoms with Crippen molar-refractivity contribution in [1.29, 1.82) is 0 Å². The molecule has 7 heteroatoms. The van der Waals surface area contributed by atoms with Gasteiger partial charge in [-0.25, -0.2) is 4.52 Å². The van der Waals surface area contributed by atoms with Crippen LogP contribution in [0.5, 0.6) is 0 Å². The number of nitrogens with one attached hydrogen (secondary N) is 1. The molecule has 0 aliphatic carbocycles. The first-order valence-corrected chi connectivity index (χ1v) is 10.5. The van der Waals surface area contributed by atoms with Gasteiger partial charge < -0.3 is 16.0 Å². The predicted molar refractivity (Wildman–Crippen MR) is 122 cm³/mol. The van der Waals surface area contributed by atoms with E-state index < -0.39 is 0 Å². The van der Waals surface area contributed by atoms with Crippen molar-refractivity contribution in [2.75, 3.05) is 23.7 Å². The van der Waals surface area contributed by atoms with Gasteiger partial charge in [-0.3, -0.25) is 4.79 Å². The number of rotatable bonds is 4. The first-order chi connectivity index (χ1) is 15.2. The molecule has 0 bridgehead atoms. The van der Waals surface area contributed by atoms with Crippen molar-refractivity contribution in [3.63, 3.8) is 0 Å². The molecule has 1 saturated heterocycles. The predicted octanol–water partition coefficient (Wildman–Crippen LogP) is 3.38. The van der Waals surface area contributed by atoms with Gasteiger partial charge in [0.25, 0.3) is 5.91 Å². The van der Waals surface area contributed by atoms with Crippen molar-refractivity contribution in [1.82, 2.24) is 19.9 Å². The highest BCUT2D eigenvalue weighted by atomic mass is 16.1. The molecular weight excluding hydrogens is 388 g/mol. The first kappa shape index (κ1) is 19.1. The van der Waals surface area contributed by atoms with E-state index in [1.807, 2.05) is 48.5 Å². The maximum Gasteiger partial charge on any atom is 0.251 e. The smallest absolute Gasteiger partial charge is 0.251 e. The second kappa shape index (κ2) is 8.10. The van der Waals surface area contributed by atoms with Gasteiger partial charge in [-0.15, -0.1) is 5.10 Å². The molecule has 0 unspecified atom stereocenters. The molecule has 0 atom stereocenters. The minimum absolute atomic E-state index is 0.0343. The van der Waals surface area contributed by atoms with Gasteiger partial charge in [0.15, 0.2) is 5.65 Å². The van der Waals surface area contributed by atoms with Crippen molar-refractivity contribution < 1.29 is 4.79 Å². The first-order valence-electron chi connectivity index (χ1n) is 10.5. The molecule has 1 fully saturated rings. The zero-order valence-electron chi connectivity index (χ0n) is 17.1. The molecule has 2 aromatic carbocycles. The lowest BCUT2D eigenvalue weighted by Gasteiger charge is -2.34. The number of para-hydroxylation sites is 1. The molecule has 0 radical (unpaired) electrons. The molecule has 0 spiro atoms. The second-order valence-electron chi connectivity index (χ2n) is 7.80. The number of aromatic nitrogens is 3. The third-order valence-corrected chi connectivity index (χ3v) is 5.77. The fraction of sp³-hybridized carbons (Fsp3) is 0.208. The Morgan fingerprint density at radius 3 is 2.42 bits per heavy atom. The van der Waals surface area contributed by atoms with Crippen molar-refractivity contribution in [3.05, 3.63) is 78.4 Å². The summed E-state index contributed by atoms with van der Waals surface area (Å²) in [4.78, 5) is 19.3. The molecule has 1 amide bonds. The van der Waals surface area contributed by atoms with Gasteiger partial charge in [-0.2, -0.15) is 4.98 Å². The number of pyridine rings is 1. The average molecular weight is 412 g/mol.